The van der Waals surface area contributed by atoms with Crippen LogP contribution in [0.2, 0.25) is 5.02 Å². The number of hydrogen-bond donors (Lipinski definition) is 2. The number of aromatic amines is 1. The summed E-state index contributed by atoms with van der Waals surface area (Å²) in [5.41, 5.74) is 1.99. The predicted octanol–water partition coefficient (Wildman–Crippen LogP) is 3.72. The summed E-state index contributed by atoms with van der Waals surface area (Å²) >= 11 is 5.92. The van der Waals surface area contributed by atoms with Gasteiger partial charge < -0.3 is 10.2 Å². The van der Waals surface area contributed by atoms with Gasteiger partial charge in [0.1, 0.15) is 0 Å². The lowest BCUT2D eigenvalue weighted by Gasteiger charge is -2.35. The highest BCUT2D eigenvalue weighted by Crippen LogP contribution is 2.21. The molecule has 1 fully saturated rings. The number of aryl methyl sites for hydroxylation is 1. The molecule has 170 valence electrons. The van der Waals surface area contributed by atoms with Crippen LogP contribution in [0.15, 0.2) is 29.1 Å². The van der Waals surface area contributed by atoms with Crippen LogP contribution in [-0.2, 0) is 17.8 Å². The first-order valence-corrected chi connectivity index (χ1v) is 11.6. The van der Waals surface area contributed by atoms with Gasteiger partial charge in [-0.1, -0.05) is 30.7 Å². The van der Waals surface area contributed by atoms with Gasteiger partial charge in [0.2, 0.25) is 11.9 Å². The van der Waals surface area contributed by atoms with Crippen LogP contribution in [0.25, 0.3) is 5.78 Å². The van der Waals surface area contributed by atoms with Gasteiger partial charge in [0.15, 0.2) is 0 Å². The molecule has 1 saturated heterocycles. The molecule has 1 aromatic carbocycles. The van der Waals surface area contributed by atoms with Crippen molar-refractivity contribution in [2.45, 2.75) is 65.0 Å². The van der Waals surface area contributed by atoms with Crippen molar-refractivity contribution in [1.29, 1.82) is 0 Å². The van der Waals surface area contributed by atoms with E-state index < -0.39 is 0 Å². The maximum atomic E-state index is 13.1. The Balaban J connectivity index is 1.47. The monoisotopic (exact) mass is 456 g/mol. The van der Waals surface area contributed by atoms with Crippen molar-refractivity contribution in [3.63, 3.8) is 0 Å². The van der Waals surface area contributed by atoms with Crippen molar-refractivity contribution in [2.24, 2.45) is 0 Å². The first-order chi connectivity index (χ1) is 15.5. The Bertz CT molecular complexity index is 1150. The Hall–Kier alpha value is -2.87. The van der Waals surface area contributed by atoms with Crippen molar-refractivity contribution in [3.8, 4) is 0 Å². The van der Waals surface area contributed by atoms with Crippen LogP contribution < -0.4 is 10.9 Å². The molecule has 2 N–H and O–H groups in total. The minimum atomic E-state index is -0.210. The molecule has 1 aliphatic rings. The van der Waals surface area contributed by atoms with Crippen LogP contribution in [0, 0.1) is 6.92 Å². The molecule has 1 atom stereocenters. The summed E-state index contributed by atoms with van der Waals surface area (Å²) in [5.74, 6) is 0.884. The summed E-state index contributed by atoms with van der Waals surface area (Å²) < 4.78 is 1.34. The fraction of sp³-hybridized carbons (Fsp3) is 0.478. The number of rotatable bonds is 7. The Morgan fingerprint density at radius 3 is 2.78 bits per heavy atom. The summed E-state index contributed by atoms with van der Waals surface area (Å²) in [7, 11) is 0. The second-order valence-electron chi connectivity index (χ2n) is 8.31. The molecule has 8 nitrogen and oxygen atoms in total. The Morgan fingerprint density at radius 2 is 2.03 bits per heavy atom. The van der Waals surface area contributed by atoms with Crippen LogP contribution in [0.5, 0.6) is 0 Å². The van der Waals surface area contributed by atoms with Crippen LogP contribution in [-0.4, -0.2) is 43.0 Å². The average molecular weight is 457 g/mol. The lowest BCUT2D eigenvalue weighted by Crippen LogP contribution is -2.43. The predicted molar refractivity (Wildman–Crippen MR) is 125 cm³/mol. The van der Waals surface area contributed by atoms with Crippen molar-refractivity contribution >= 4 is 29.2 Å². The van der Waals surface area contributed by atoms with E-state index in [0.29, 0.717) is 53.4 Å². The lowest BCUT2D eigenvalue weighted by atomic mass is 9.99. The maximum absolute atomic E-state index is 13.1. The number of hydrogen-bond acceptors (Lipinski definition) is 5. The quantitative estimate of drug-likeness (QED) is 0.565. The molecule has 9 heteroatoms. The topological polar surface area (TPSA) is 95.4 Å². The summed E-state index contributed by atoms with van der Waals surface area (Å²) in [6.07, 6.45) is 4.96. The third-order valence-electron chi connectivity index (χ3n) is 6.18. The molecule has 2 aromatic heterocycles. The molecule has 0 spiro atoms. The molecule has 0 saturated carbocycles. The molecule has 0 aliphatic carbocycles. The van der Waals surface area contributed by atoms with Gasteiger partial charge in [-0.15, -0.1) is 0 Å². The number of carbonyl (C=O) groups is 1. The van der Waals surface area contributed by atoms with E-state index in [2.05, 4.69) is 27.3 Å². The smallest absolute Gasteiger partial charge is 0.277 e. The van der Waals surface area contributed by atoms with Gasteiger partial charge in [-0.3, -0.25) is 14.7 Å². The highest BCUT2D eigenvalue weighted by Gasteiger charge is 2.25. The SMILES string of the molecule is CCC1CCCCN1C(=O)CCc1c(C)nc2nc(NCc3ccc(Cl)cc3)[nH]n2c1=O. The van der Waals surface area contributed by atoms with Gasteiger partial charge in [-0.05, 0) is 56.7 Å². The number of benzene rings is 1. The number of halogens is 1. The minimum absolute atomic E-state index is 0.121. The standard InChI is InChI=1S/C23H29ClN6O2/c1-3-18-6-4-5-13-29(18)20(31)12-11-19-15(2)26-23-27-22(28-30(23)21(19)32)25-14-16-7-9-17(24)10-8-16/h7-10,18H,3-6,11-14H2,1-2H3,(H2,25,26,27,28). The number of fused-ring (bicyclic) bond motifs is 1. The summed E-state index contributed by atoms with van der Waals surface area (Å²) in [6.45, 7) is 5.27. The fourth-order valence-corrected chi connectivity index (χ4v) is 4.46. The van der Waals surface area contributed by atoms with E-state index in [0.717, 1.165) is 31.4 Å². The fourth-order valence-electron chi connectivity index (χ4n) is 4.34. The molecular weight excluding hydrogens is 428 g/mol. The van der Waals surface area contributed by atoms with Crippen LogP contribution in [0.3, 0.4) is 0 Å². The number of aromatic nitrogens is 4. The van der Waals surface area contributed by atoms with Crippen LogP contribution >= 0.6 is 11.6 Å². The van der Waals surface area contributed by atoms with Crippen molar-refractivity contribution in [2.75, 3.05) is 11.9 Å². The van der Waals surface area contributed by atoms with Crippen LogP contribution in [0.4, 0.5) is 5.95 Å². The van der Waals surface area contributed by atoms with E-state index in [4.69, 9.17) is 11.6 Å². The maximum Gasteiger partial charge on any atom is 0.277 e. The second-order valence-corrected chi connectivity index (χ2v) is 8.75. The van der Waals surface area contributed by atoms with Crippen LogP contribution in [0.1, 0.15) is 55.8 Å². The van der Waals surface area contributed by atoms with Crippen molar-refractivity contribution in [3.05, 3.63) is 56.5 Å². The number of nitrogens with zero attached hydrogens (tertiary/aromatic N) is 4. The molecule has 0 radical (unpaired) electrons. The zero-order chi connectivity index (χ0) is 22.7. The average Bonchev–Trinajstić information content (AvgIpc) is 3.21. The minimum Gasteiger partial charge on any atom is -0.351 e. The number of nitrogens with one attached hydrogen (secondary N) is 2. The first-order valence-electron chi connectivity index (χ1n) is 11.2. The van der Waals surface area contributed by atoms with Gasteiger partial charge in [-0.25, -0.2) is 4.98 Å². The largest absolute Gasteiger partial charge is 0.351 e. The summed E-state index contributed by atoms with van der Waals surface area (Å²) in [6, 6.07) is 7.82. The van der Waals surface area contributed by atoms with E-state index in [1.807, 2.05) is 29.2 Å². The van der Waals surface area contributed by atoms with Crippen molar-refractivity contribution in [1.82, 2.24) is 24.5 Å². The zero-order valence-electron chi connectivity index (χ0n) is 18.5. The Labute approximate surface area is 192 Å². The molecule has 3 aromatic rings. The molecule has 32 heavy (non-hydrogen) atoms. The van der Waals surface area contributed by atoms with E-state index in [1.54, 1.807) is 6.92 Å². The molecule has 1 amide bonds. The lowest BCUT2D eigenvalue weighted by molar-refractivity contribution is -0.134. The third-order valence-corrected chi connectivity index (χ3v) is 6.43. The van der Waals surface area contributed by atoms with Gasteiger partial charge in [-0.2, -0.15) is 9.50 Å². The summed E-state index contributed by atoms with van der Waals surface area (Å²) in [4.78, 5) is 36.8. The molecule has 3 heterocycles. The highest BCUT2D eigenvalue weighted by atomic mass is 35.5. The van der Waals surface area contributed by atoms with Gasteiger partial charge in [0.05, 0.1) is 5.69 Å². The zero-order valence-corrected chi connectivity index (χ0v) is 19.3. The molecule has 1 unspecified atom stereocenters. The first kappa shape index (κ1) is 22.3. The van der Waals surface area contributed by atoms with E-state index >= 15 is 0 Å². The number of carbonyl (C=O) groups excluding carboxylic acids is 1. The normalized spacial score (nSPS) is 16.5. The Kier molecular flexibility index (Phi) is 6.79. The highest BCUT2D eigenvalue weighted by molar-refractivity contribution is 6.30. The van der Waals surface area contributed by atoms with E-state index in [9.17, 15) is 9.59 Å². The van der Waals surface area contributed by atoms with Gasteiger partial charge in [0, 0.05) is 36.1 Å². The number of H-pyrrole nitrogens is 1. The van der Waals surface area contributed by atoms with Gasteiger partial charge >= 0.3 is 0 Å². The summed E-state index contributed by atoms with van der Waals surface area (Å²) in [5, 5.41) is 6.83. The molecule has 0 bridgehead atoms. The Morgan fingerprint density at radius 1 is 1.25 bits per heavy atom. The third kappa shape index (κ3) is 4.80. The van der Waals surface area contributed by atoms with E-state index in [-0.39, 0.29) is 11.5 Å². The number of piperidine rings is 1. The molecular formula is C23H29ClN6O2. The van der Waals surface area contributed by atoms with E-state index in [1.165, 1.54) is 10.9 Å². The number of amides is 1. The molecule has 1 aliphatic heterocycles. The van der Waals surface area contributed by atoms with Gasteiger partial charge in [0.25, 0.3) is 11.3 Å². The van der Waals surface area contributed by atoms with Crippen molar-refractivity contribution < 1.29 is 4.79 Å². The molecule has 4 rings (SSSR count). The second kappa shape index (κ2) is 9.73. The number of likely N-dealkylation sites (tertiary alicyclic amines) is 1. The number of anilines is 1.